The Morgan fingerprint density at radius 2 is 1.57 bits per heavy atom. The van der Waals surface area contributed by atoms with Crippen molar-refractivity contribution in [2.24, 2.45) is 11.8 Å². The van der Waals surface area contributed by atoms with Crippen molar-refractivity contribution in [1.82, 2.24) is 4.90 Å². The van der Waals surface area contributed by atoms with Crippen LogP contribution in [0.2, 0.25) is 0 Å². The van der Waals surface area contributed by atoms with Crippen molar-refractivity contribution in [3.05, 3.63) is 0 Å². The molecule has 126 valence electrons. The van der Waals surface area contributed by atoms with Gasteiger partial charge in [-0.15, -0.1) is 0 Å². The molecule has 1 N–H and O–H groups in total. The highest BCUT2D eigenvalue weighted by Crippen LogP contribution is 2.42. The van der Waals surface area contributed by atoms with Crippen LogP contribution in [0.3, 0.4) is 0 Å². The van der Waals surface area contributed by atoms with Gasteiger partial charge in [-0.2, -0.15) is 0 Å². The van der Waals surface area contributed by atoms with Crippen LogP contribution in [0, 0.1) is 11.8 Å². The fraction of sp³-hybridized carbons (Fsp3) is 1.00. The maximum Gasteiger partial charge on any atom is 0.0896 e. The molecule has 0 saturated carbocycles. The summed E-state index contributed by atoms with van der Waals surface area (Å²) < 4.78 is 6.14. The van der Waals surface area contributed by atoms with E-state index in [-0.39, 0.29) is 11.5 Å². The maximum atomic E-state index is 10.7. The normalized spacial score (nSPS) is 28.0. The van der Waals surface area contributed by atoms with Crippen LogP contribution in [0.4, 0.5) is 0 Å². The predicted molar refractivity (Wildman–Crippen MR) is 89.5 cm³/mol. The summed E-state index contributed by atoms with van der Waals surface area (Å²) in [5, 5.41) is 10.7. The molecule has 0 aromatic heterocycles. The van der Waals surface area contributed by atoms with Gasteiger partial charge in [0.1, 0.15) is 0 Å². The smallest absolute Gasteiger partial charge is 0.0896 e. The van der Waals surface area contributed by atoms with Crippen LogP contribution in [-0.4, -0.2) is 46.4 Å². The Hall–Kier alpha value is -0.120. The van der Waals surface area contributed by atoms with Crippen LogP contribution in [0.1, 0.15) is 68.2 Å². The number of hydrogen-bond donors (Lipinski definition) is 1. The van der Waals surface area contributed by atoms with E-state index in [2.05, 4.69) is 46.4 Å². The number of hydrogen-bond acceptors (Lipinski definition) is 3. The minimum atomic E-state index is -0.453. The highest BCUT2D eigenvalue weighted by atomic mass is 16.5. The van der Waals surface area contributed by atoms with Crippen molar-refractivity contribution in [2.75, 3.05) is 13.1 Å². The molecule has 1 heterocycles. The summed E-state index contributed by atoms with van der Waals surface area (Å²) in [5.74, 6) is 0.799. The fourth-order valence-electron chi connectivity index (χ4n) is 3.90. The van der Waals surface area contributed by atoms with Crippen molar-refractivity contribution in [3.8, 4) is 0 Å². The topological polar surface area (TPSA) is 32.7 Å². The standard InChI is InChI=1S/C18H37NO2/c1-9-14(10-2)19(11-13(3)4)12-15-16(20)18(7,8)21-17(15,5)6/h13-16,20H,9-12H2,1-8H3. The molecule has 21 heavy (non-hydrogen) atoms. The first-order valence-electron chi connectivity index (χ1n) is 8.67. The summed E-state index contributed by atoms with van der Waals surface area (Å²) in [6.45, 7) is 19.3. The first kappa shape index (κ1) is 18.9. The molecule has 3 heteroatoms. The molecule has 2 unspecified atom stereocenters. The van der Waals surface area contributed by atoms with Crippen LogP contribution in [-0.2, 0) is 4.74 Å². The molecule has 1 saturated heterocycles. The molecule has 0 bridgehead atoms. The minimum absolute atomic E-state index is 0.159. The van der Waals surface area contributed by atoms with Crippen molar-refractivity contribution in [1.29, 1.82) is 0 Å². The van der Waals surface area contributed by atoms with Crippen LogP contribution in [0.15, 0.2) is 0 Å². The number of aliphatic hydroxyl groups is 1. The lowest BCUT2D eigenvalue weighted by molar-refractivity contribution is -0.0916. The second-order valence-corrected chi connectivity index (χ2v) is 8.18. The molecule has 0 radical (unpaired) electrons. The molecule has 0 spiro atoms. The van der Waals surface area contributed by atoms with E-state index in [9.17, 15) is 5.11 Å². The van der Waals surface area contributed by atoms with Gasteiger partial charge in [-0.05, 0) is 46.5 Å². The number of nitrogens with zero attached hydrogens (tertiary/aromatic N) is 1. The van der Waals surface area contributed by atoms with E-state index in [4.69, 9.17) is 4.74 Å². The molecule has 0 aromatic rings. The predicted octanol–water partition coefficient (Wildman–Crippen LogP) is 3.70. The molecular weight excluding hydrogens is 262 g/mol. The number of ether oxygens (including phenoxy) is 1. The molecule has 0 aromatic carbocycles. The minimum Gasteiger partial charge on any atom is -0.390 e. The molecule has 1 aliphatic heterocycles. The van der Waals surface area contributed by atoms with E-state index in [1.165, 1.54) is 0 Å². The highest BCUT2D eigenvalue weighted by Gasteiger charge is 2.53. The van der Waals surface area contributed by atoms with E-state index in [0.29, 0.717) is 12.0 Å². The van der Waals surface area contributed by atoms with Crippen molar-refractivity contribution in [2.45, 2.75) is 91.6 Å². The molecule has 1 fully saturated rings. The van der Waals surface area contributed by atoms with Crippen LogP contribution >= 0.6 is 0 Å². The monoisotopic (exact) mass is 299 g/mol. The van der Waals surface area contributed by atoms with Crippen LogP contribution < -0.4 is 0 Å². The van der Waals surface area contributed by atoms with E-state index >= 15 is 0 Å². The Morgan fingerprint density at radius 1 is 1.05 bits per heavy atom. The van der Waals surface area contributed by atoms with Crippen LogP contribution in [0.5, 0.6) is 0 Å². The van der Waals surface area contributed by atoms with E-state index in [0.717, 1.165) is 25.9 Å². The summed E-state index contributed by atoms with van der Waals surface area (Å²) in [6.07, 6.45) is 1.92. The largest absolute Gasteiger partial charge is 0.390 e. The zero-order valence-corrected chi connectivity index (χ0v) is 15.4. The zero-order chi connectivity index (χ0) is 16.4. The van der Waals surface area contributed by atoms with Crippen molar-refractivity contribution in [3.63, 3.8) is 0 Å². The number of rotatable bonds is 7. The van der Waals surface area contributed by atoms with Gasteiger partial charge in [0.15, 0.2) is 0 Å². The summed E-state index contributed by atoms with van der Waals surface area (Å²) in [5.41, 5.74) is -0.726. The Morgan fingerprint density at radius 3 is 1.90 bits per heavy atom. The first-order chi connectivity index (χ1) is 9.55. The van der Waals surface area contributed by atoms with Gasteiger partial charge in [0, 0.05) is 25.0 Å². The third-order valence-corrected chi connectivity index (χ3v) is 5.00. The number of aliphatic hydroxyl groups excluding tert-OH is 1. The van der Waals surface area contributed by atoms with E-state index < -0.39 is 11.7 Å². The summed E-state index contributed by atoms with van der Waals surface area (Å²) in [4.78, 5) is 2.57. The molecular formula is C18H37NO2. The van der Waals surface area contributed by atoms with E-state index in [1.807, 2.05) is 13.8 Å². The van der Waals surface area contributed by atoms with Gasteiger partial charge < -0.3 is 9.84 Å². The average Bonchev–Trinajstić information content (AvgIpc) is 2.48. The van der Waals surface area contributed by atoms with Gasteiger partial charge >= 0.3 is 0 Å². The lowest BCUT2D eigenvalue weighted by Crippen LogP contribution is -2.47. The van der Waals surface area contributed by atoms with E-state index in [1.54, 1.807) is 0 Å². The molecule has 2 atom stereocenters. The van der Waals surface area contributed by atoms with Crippen LogP contribution in [0.25, 0.3) is 0 Å². The average molecular weight is 299 g/mol. The molecule has 3 nitrogen and oxygen atoms in total. The Labute approximate surface area is 132 Å². The fourth-order valence-corrected chi connectivity index (χ4v) is 3.90. The SMILES string of the molecule is CCC(CC)N(CC(C)C)CC1C(O)C(C)(C)OC1(C)C. The highest BCUT2D eigenvalue weighted by molar-refractivity contribution is 5.02. The Balaban J connectivity index is 2.91. The quantitative estimate of drug-likeness (QED) is 0.778. The second-order valence-electron chi connectivity index (χ2n) is 8.18. The third kappa shape index (κ3) is 4.43. The second kappa shape index (κ2) is 6.97. The molecule has 1 aliphatic rings. The zero-order valence-electron chi connectivity index (χ0n) is 15.4. The van der Waals surface area contributed by atoms with Gasteiger partial charge in [-0.1, -0.05) is 27.7 Å². The third-order valence-electron chi connectivity index (χ3n) is 5.00. The van der Waals surface area contributed by atoms with Crippen molar-refractivity contribution < 1.29 is 9.84 Å². The molecule has 0 amide bonds. The van der Waals surface area contributed by atoms with Gasteiger partial charge in [0.25, 0.3) is 0 Å². The van der Waals surface area contributed by atoms with Gasteiger partial charge in [0.05, 0.1) is 17.3 Å². The Kier molecular flexibility index (Phi) is 6.28. The molecule has 1 rings (SSSR count). The van der Waals surface area contributed by atoms with Crippen molar-refractivity contribution >= 4 is 0 Å². The lowest BCUT2D eigenvalue weighted by Gasteiger charge is -2.37. The first-order valence-corrected chi connectivity index (χ1v) is 8.67. The molecule has 0 aliphatic carbocycles. The lowest BCUT2D eigenvalue weighted by atomic mass is 9.83. The Bertz CT molecular complexity index is 321. The summed E-state index contributed by atoms with van der Waals surface area (Å²) in [7, 11) is 0. The van der Waals surface area contributed by atoms with Gasteiger partial charge in [-0.25, -0.2) is 0 Å². The van der Waals surface area contributed by atoms with Gasteiger partial charge in [-0.3, -0.25) is 4.90 Å². The van der Waals surface area contributed by atoms with Gasteiger partial charge in [0.2, 0.25) is 0 Å². The maximum absolute atomic E-state index is 10.7. The summed E-state index contributed by atoms with van der Waals surface area (Å²) in [6, 6.07) is 0.596. The summed E-state index contributed by atoms with van der Waals surface area (Å²) >= 11 is 0.